The number of aromatic hydroxyl groups is 1. The Bertz CT molecular complexity index is 584. The number of phenols is 1. The highest BCUT2D eigenvalue weighted by molar-refractivity contribution is 5.69. The summed E-state index contributed by atoms with van der Waals surface area (Å²) in [6, 6.07) is 7.94. The molecule has 23 heavy (non-hydrogen) atoms. The SMILES string of the molecule is CC(NC1C2CN(C(=O)OC(C)(C)C)CC21)c1ccccc1O. The molecule has 2 aliphatic rings. The maximum absolute atomic E-state index is 12.1. The van der Waals surface area contributed by atoms with Crippen LogP contribution in [0.1, 0.15) is 39.3 Å². The van der Waals surface area contributed by atoms with E-state index in [1.54, 1.807) is 6.07 Å². The standard InChI is InChI=1S/C18H26N2O3/c1-11(12-7-5-6-8-15(12)21)19-16-13-9-20(10-14(13)16)17(22)23-18(2,3)4/h5-8,11,13-14,16,19,21H,9-10H2,1-4H3. The predicted octanol–water partition coefficient (Wildman–Crippen LogP) is 2.91. The van der Waals surface area contributed by atoms with Gasteiger partial charge in [-0.1, -0.05) is 18.2 Å². The number of hydrogen-bond donors (Lipinski definition) is 2. The van der Waals surface area contributed by atoms with Crippen molar-refractivity contribution in [3.05, 3.63) is 29.8 Å². The fraction of sp³-hybridized carbons (Fsp3) is 0.611. The summed E-state index contributed by atoms with van der Waals surface area (Å²) in [6.07, 6.45) is -0.211. The Kier molecular flexibility index (Phi) is 4.00. The molecule has 5 heteroatoms. The van der Waals surface area contributed by atoms with Crippen molar-refractivity contribution in [2.75, 3.05) is 13.1 Å². The van der Waals surface area contributed by atoms with Crippen LogP contribution in [0.15, 0.2) is 24.3 Å². The first-order chi connectivity index (χ1) is 10.8. The molecule has 0 radical (unpaired) electrons. The highest BCUT2D eigenvalue weighted by atomic mass is 16.6. The number of likely N-dealkylation sites (tertiary alicyclic amines) is 1. The number of phenolic OH excluding ortho intramolecular Hbond substituents is 1. The van der Waals surface area contributed by atoms with Crippen molar-refractivity contribution in [1.82, 2.24) is 10.2 Å². The highest BCUT2D eigenvalue weighted by Crippen LogP contribution is 2.47. The van der Waals surface area contributed by atoms with Gasteiger partial charge in [-0.3, -0.25) is 0 Å². The second-order valence-corrected chi connectivity index (χ2v) is 7.69. The number of para-hydroxylation sites is 1. The summed E-state index contributed by atoms with van der Waals surface area (Å²) in [5.74, 6) is 1.32. The van der Waals surface area contributed by atoms with Crippen LogP contribution in [0.25, 0.3) is 0 Å². The molecule has 0 bridgehead atoms. The lowest BCUT2D eigenvalue weighted by Gasteiger charge is -2.26. The summed E-state index contributed by atoms with van der Waals surface area (Å²) < 4.78 is 5.43. The quantitative estimate of drug-likeness (QED) is 0.899. The Morgan fingerprint density at radius 3 is 2.48 bits per heavy atom. The molecule has 3 rings (SSSR count). The number of piperidine rings is 1. The molecule has 2 fully saturated rings. The van der Waals surface area contributed by atoms with Gasteiger partial charge in [0.25, 0.3) is 0 Å². The van der Waals surface area contributed by atoms with E-state index in [0.717, 1.165) is 18.7 Å². The number of fused-ring (bicyclic) bond motifs is 1. The van der Waals surface area contributed by atoms with Gasteiger partial charge in [0.2, 0.25) is 0 Å². The average molecular weight is 318 g/mol. The van der Waals surface area contributed by atoms with Gasteiger partial charge in [0.1, 0.15) is 11.4 Å². The summed E-state index contributed by atoms with van der Waals surface area (Å²) in [5, 5.41) is 13.5. The zero-order chi connectivity index (χ0) is 16.8. The third-order valence-electron chi connectivity index (χ3n) is 4.69. The Morgan fingerprint density at radius 2 is 1.91 bits per heavy atom. The van der Waals surface area contributed by atoms with E-state index < -0.39 is 5.60 Å². The first kappa shape index (κ1) is 16.1. The first-order valence-electron chi connectivity index (χ1n) is 8.28. The number of nitrogens with zero attached hydrogens (tertiary/aromatic N) is 1. The molecule has 3 unspecified atom stereocenters. The molecule has 3 atom stereocenters. The number of ether oxygens (including phenoxy) is 1. The summed E-state index contributed by atoms with van der Waals surface area (Å²) in [4.78, 5) is 13.9. The average Bonchev–Trinajstić information content (AvgIpc) is 2.90. The number of hydrogen-bond acceptors (Lipinski definition) is 4. The number of carbonyl (C=O) groups excluding carboxylic acids is 1. The van der Waals surface area contributed by atoms with E-state index >= 15 is 0 Å². The number of benzene rings is 1. The molecule has 1 saturated carbocycles. The largest absolute Gasteiger partial charge is 0.508 e. The minimum Gasteiger partial charge on any atom is -0.508 e. The lowest BCUT2D eigenvalue weighted by molar-refractivity contribution is 0.0269. The summed E-state index contributed by atoms with van der Waals surface area (Å²) in [6.45, 7) is 9.24. The molecule has 1 aromatic carbocycles. The maximum Gasteiger partial charge on any atom is 0.410 e. The molecule has 126 valence electrons. The summed E-state index contributed by atoms with van der Waals surface area (Å²) in [5.41, 5.74) is 0.474. The molecular weight excluding hydrogens is 292 g/mol. The molecule has 1 aliphatic carbocycles. The fourth-order valence-electron chi connectivity index (χ4n) is 3.48. The van der Waals surface area contributed by atoms with E-state index in [-0.39, 0.29) is 12.1 Å². The molecule has 0 spiro atoms. The van der Waals surface area contributed by atoms with Gasteiger partial charge in [-0.15, -0.1) is 0 Å². The molecule has 5 nitrogen and oxygen atoms in total. The monoisotopic (exact) mass is 318 g/mol. The Hall–Kier alpha value is -1.75. The summed E-state index contributed by atoms with van der Waals surface area (Å²) in [7, 11) is 0. The fourth-order valence-corrected chi connectivity index (χ4v) is 3.48. The van der Waals surface area contributed by atoms with Crippen molar-refractivity contribution in [3.8, 4) is 5.75 Å². The van der Waals surface area contributed by atoms with Crippen LogP contribution in [0.5, 0.6) is 5.75 Å². The van der Waals surface area contributed by atoms with Crippen molar-refractivity contribution < 1.29 is 14.6 Å². The van der Waals surface area contributed by atoms with Crippen molar-refractivity contribution >= 4 is 6.09 Å². The lowest BCUT2D eigenvalue weighted by atomic mass is 10.1. The van der Waals surface area contributed by atoms with Crippen LogP contribution < -0.4 is 5.32 Å². The van der Waals surface area contributed by atoms with Crippen LogP contribution in [0, 0.1) is 11.8 Å². The third-order valence-corrected chi connectivity index (χ3v) is 4.69. The van der Waals surface area contributed by atoms with Gasteiger partial charge in [0.05, 0.1) is 0 Å². The van der Waals surface area contributed by atoms with Crippen molar-refractivity contribution in [2.24, 2.45) is 11.8 Å². The van der Waals surface area contributed by atoms with Gasteiger partial charge in [-0.05, 0) is 45.6 Å². The smallest absolute Gasteiger partial charge is 0.410 e. The van der Waals surface area contributed by atoms with Crippen LogP contribution in [0.4, 0.5) is 4.79 Å². The van der Waals surface area contributed by atoms with E-state index in [4.69, 9.17) is 4.74 Å². The second kappa shape index (κ2) is 5.71. The zero-order valence-electron chi connectivity index (χ0n) is 14.2. The first-order valence-corrected chi connectivity index (χ1v) is 8.28. The molecule has 1 aromatic rings. The maximum atomic E-state index is 12.1. The van der Waals surface area contributed by atoms with E-state index in [9.17, 15) is 9.90 Å². The number of amides is 1. The number of rotatable bonds is 3. The minimum atomic E-state index is -0.444. The van der Waals surface area contributed by atoms with Gasteiger partial charge >= 0.3 is 6.09 Å². The Balaban J connectivity index is 1.51. The predicted molar refractivity (Wildman–Crippen MR) is 88.2 cm³/mol. The molecule has 2 N–H and O–H groups in total. The molecule has 1 heterocycles. The van der Waals surface area contributed by atoms with Gasteiger partial charge in [-0.25, -0.2) is 4.79 Å². The normalized spacial score (nSPS) is 27.5. The second-order valence-electron chi connectivity index (χ2n) is 7.69. The van der Waals surface area contributed by atoms with E-state index in [1.807, 2.05) is 43.9 Å². The van der Waals surface area contributed by atoms with E-state index in [1.165, 1.54) is 0 Å². The number of nitrogens with one attached hydrogen (secondary N) is 1. The topological polar surface area (TPSA) is 61.8 Å². The van der Waals surface area contributed by atoms with Crippen molar-refractivity contribution in [3.63, 3.8) is 0 Å². The zero-order valence-corrected chi connectivity index (χ0v) is 14.2. The van der Waals surface area contributed by atoms with Crippen molar-refractivity contribution in [2.45, 2.75) is 45.4 Å². The molecular formula is C18H26N2O3. The highest BCUT2D eigenvalue weighted by Gasteiger charge is 2.57. The van der Waals surface area contributed by atoms with Crippen LogP contribution in [-0.4, -0.2) is 40.8 Å². The van der Waals surface area contributed by atoms with Gasteiger partial charge < -0.3 is 20.1 Å². The van der Waals surface area contributed by atoms with Gasteiger partial charge in [0.15, 0.2) is 0 Å². The van der Waals surface area contributed by atoms with Crippen LogP contribution in [0.3, 0.4) is 0 Å². The van der Waals surface area contributed by atoms with E-state index in [2.05, 4.69) is 12.2 Å². The Labute approximate surface area is 137 Å². The molecule has 1 saturated heterocycles. The molecule has 0 aromatic heterocycles. The molecule has 1 aliphatic heterocycles. The van der Waals surface area contributed by atoms with Crippen LogP contribution in [-0.2, 0) is 4.74 Å². The number of carbonyl (C=O) groups is 1. The van der Waals surface area contributed by atoms with Crippen LogP contribution >= 0.6 is 0 Å². The molecule has 1 amide bonds. The van der Waals surface area contributed by atoms with Crippen molar-refractivity contribution in [1.29, 1.82) is 0 Å². The van der Waals surface area contributed by atoms with E-state index in [0.29, 0.717) is 23.6 Å². The minimum absolute atomic E-state index is 0.0989. The summed E-state index contributed by atoms with van der Waals surface area (Å²) >= 11 is 0. The Morgan fingerprint density at radius 1 is 1.30 bits per heavy atom. The van der Waals surface area contributed by atoms with Crippen LogP contribution in [0.2, 0.25) is 0 Å². The third kappa shape index (κ3) is 3.44. The van der Waals surface area contributed by atoms with Gasteiger partial charge in [-0.2, -0.15) is 0 Å². The van der Waals surface area contributed by atoms with Gasteiger partial charge in [0, 0.05) is 30.7 Å². The lowest BCUT2D eigenvalue weighted by Crippen LogP contribution is -2.39.